The Morgan fingerprint density at radius 1 is 0.432 bits per heavy atom. The predicted octanol–water partition coefficient (Wildman–Crippen LogP) is 10.7. The number of hydrogen-bond acceptors (Lipinski definition) is 0. The van der Waals surface area contributed by atoms with Crippen LogP contribution in [0.25, 0.3) is 76.9 Å². The molecule has 0 saturated heterocycles. The number of benzene rings is 7. The predicted molar refractivity (Wildman–Crippen MR) is 192 cm³/mol. The Balaban J connectivity index is 1.31. The first-order valence-electron chi connectivity index (χ1n) is 15.5. The third-order valence-corrected chi connectivity index (χ3v) is 11.5. The maximum atomic E-state index is 2.46. The second-order valence-corrected chi connectivity index (χ2v) is 18.1. The van der Waals surface area contributed by atoms with Crippen LogP contribution in [0.2, 0.25) is 19.6 Å². The maximum Gasteiger partial charge on any atom is 0.0775 e. The van der Waals surface area contributed by atoms with Crippen molar-refractivity contribution in [3.05, 3.63) is 140 Å². The van der Waals surface area contributed by atoms with Gasteiger partial charge < -0.3 is 9.13 Å². The first kappa shape index (κ1) is 25.4. The lowest BCUT2D eigenvalue weighted by atomic mass is 9.94. The van der Waals surface area contributed by atoms with Gasteiger partial charge in [0.2, 0.25) is 0 Å². The van der Waals surface area contributed by atoms with Gasteiger partial charge in [-0.15, -0.1) is 0 Å². The lowest BCUT2D eigenvalue weighted by Crippen LogP contribution is -2.37. The fourth-order valence-electron chi connectivity index (χ4n) is 7.32. The van der Waals surface area contributed by atoms with Crippen molar-refractivity contribution >= 4 is 67.6 Å². The fourth-order valence-corrected chi connectivity index (χ4v) is 8.49. The van der Waals surface area contributed by atoms with E-state index < -0.39 is 8.07 Å². The Morgan fingerprint density at radius 3 is 1.91 bits per heavy atom. The molecule has 0 spiro atoms. The van der Waals surface area contributed by atoms with Gasteiger partial charge >= 0.3 is 0 Å². The van der Waals surface area contributed by atoms with Crippen LogP contribution in [0.15, 0.2) is 140 Å². The van der Waals surface area contributed by atoms with Crippen molar-refractivity contribution in [1.82, 2.24) is 9.13 Å². The largest absolute Gasteiger partial charge is 0.309 e. The summed E-state index contributed by atoms with van der Waals surface area (Å²) in [6.07, 6.45) is 0. The zero-order chi connectivity index (χ0) is 29.6. The summed E-state index contributed by atoms with van der Waals surface area (Å²) in [5, 5.41) is 9.31. The molecule has 0 aliphatic carbocycles. The molecule has 2 heterocycles. The zero-order valence-corrected chi connectivity index (χ0v) is 26.2. The van der Waals surface area contributed by atoms with Crippen molar-refractivity contribution in [2.45, 2.75) is 19.6 Å². The van der Waals surface area contributed by atoms with E-state index in [1.165, 1.54) is 82.1 Å². The summed E-state index contributed by atoms with van der Waals surface area (Å²) in [5.74, 6) is 0. The minimum Gasteiger partial charge on any atom is -0.309 e. The number of rotatable bonds is 4. The highest BCUT2D eigenvalue weighted by molar-refractivity contribution is 6.88. The fraction of sp³-hybridized carbons (Fsp3) is 0.0732. The van der Waals surface area contributed by atoms with Gasteiger partial charge in [-0.2, -0.15) is 0 Å². The Bertz CT molecular complexity index is 2510. The molecule has 0 aliphatic heterocycles. The summed E-state index contributed by atoms with van der Waals surface area (Å²) in [6, 6.07) is 51.8. The monoisotopic (exact) mass is 580 g/mol. The molecule has 44 heavy (non-hydrogen) atoms. The summed E-state index contributed by atoms with van der Waals surface area (Å²) in [7, 11) is -1.38. The molecule has 0 saturated carbocycles. The maximum absolute atomic E-state index is 2.46. The Hall–Kier alpha value is -5.12. The van der Waals surface area contributed by atoms with Gasteiger partial charge in [0.05, 0.1) is 30.1 Å². The van der Waals surface area contributed by atoms with Gasteiger partial charge in [-0.1, -0.05) is 116 Å². The van der Waals surface area contributed by atoms with Crippen LogP contribution in [0.1, 0.15) is 0 Å². The van der Waals surface area contributed by atoms with Gasteiger partial charge in [0.25, 0.3) is 0 Å². The molecular formula is C41H32N2Si. The standard InChI is InChI=1S/C41H32N2Si/c1-44(2,3)31-20-18-30(19-21-31)43-37-15-9-10-27-16-23-35-32(24-25-38(43)41(35)40(27)37)28-17-22-34-33-13-7-8-14-36(33)42(39(34)26-28)29-11-5-4-6-12-29/h4-26H,1-3H3. The van der Waals surface area contributed by atoms with E-state index in [0.717, 1.165) is 0 Å². The van der Waals surface area contributed by atoms with E-state index >= 15 is 0 Å². The number of nitrogens with zero attached hydrogens (tertiary/aromatic N) is 2. The van der Waals surface area contributed by atoms with Crippen LogP contribution < -0.4 is 5.19 Å². The van der Waals surface area contributed by atoms with Gasteiger partial charge in [0.1, 0.15) is 0 Å². The average molecular weight is 581 g/mol. The quantitative estimate of drug-likeness (QED) is 0.145. The lowest BCUT2D eigenvalue weighted by Gasteiger charge is -2.17. The van der Waals surface area contributed by atoms with Crippen LogP contribution in [-0.2, 0) is 0 Å². The van der Waals surface area contributed by atoms with Crippen molar-refractivity contribution in [2.75, 3.05) is 0 Å². The summed E-state index contributed by atoms with van der Waals surface area (Å²) < 4.78 is 4.86. The molecule has 0 bridgehead atoms. The van der Waals surface area contributed by atoms with Crippen LogP contribution in [0.5, 0.6) is 0 Å². The van der Waals surface area contributed by atoms with Crippen LogP contribution >= 0.6 is 0 Å². The third-order valence-electron chi connectivity index (χ3n) is 9.45. The van der Waals surface area contributed by atoms with E-state index in [0.29, 0.717) is 0 Å². The highest BCUT2D eigenvalue weighted by Crippen LogP contribution is 2.43. The summed E-state index contributed by atoms with van der Waals surface area (Å²) >= 11 is 0. The molecule has 0 aliphatic rings. The molecule has 9 rings (SSSR count). The highest BCUT2D eigenvalue weighted by atomic mass is 28.3. The smallest absolute Gasteiger partial charge is 0.0775 e. The number of para-hydroxylation sites is 2. The molecule has 0 amide bonds. The summed E-state index contributed by atoms with van der Waals surface area (Å²) in [6.45, 7) is 7.23. The molecule has 9 aromatic rings. The van der Waals surface area contributed by atoms with Gasteiger partial charge in [-0.05, 0) is 70.4 Å². The third kappa shape index (κ3) is 3.60. The van der Waals surface area contributed by atoms with E-state index in [1.54, 1.807) is 0 Å². The molecular weight excluding hydrogens is 549 g/mol. The van der Waals surface area contributed by atoms with E-state index in [-0.39, 0.29) is 0 Å². The van der Waals surface area contributed by atoms with E-state index in [9.17, 15) is 0 Å². The molecule has 0 atom stereocenters. The van der Waals surface area contributed by atoms with Crippen molar-refractivity contribution in [1.29, 1.82) is 0 Å². The average Bonchev–Trinajstić information content (AvgIpc) is 3.57. The van der Waals surface area contributed by atoms with E-state index in [1.807, 2.05) is 0 Å². The van der Waals surface area contributed by atoms with Gasteiger partial charge in [0, 0.05) is 32.9 Å². The van der Waals surface area contributed by atoms with Crippen LogP contribution in [0.3, 0.4) is 0 Å². The zero-order valence-electron chi connectivity index (χ0n) is 25.2. The molecule has 0 fully saturated rings. The molecule has 2 nitrogen and oxygen atoms in total. The Labute approximate surface area is 257 Å². The molecule has 2 aromatic heterocycles. The first-order chi connectivity index (χ1) is 21.5. The number of hydrogen-bond donors (Lipinski definition) is 0. The van der Waals surface area contributed by atoms with Crippen molar-refractivity contribution < 1.29 is 0 Å². The Morgan fingerprint density at radius 2 is 1.09 bits per heavy atom. The molecule has 0 radical (unpaired) electrons. The van der Waals surface area contributed by atoms with Crippen molar-refractivity contribution in [2.24, 2.45) is 0 Å². The van der Waals surface area contributed by atoms with Crippen LogP contribution in [0, 0.1) is 0 Å². The second kappa shape index (κ2) is 9.19. The topological polar surface area (TPSA) is 9.86 Å². The van der Waals surface area contributed by atoms with Crippen LogP contribution in [0.4, 0.5) is 0 Å². The van der Waals surface area contributed by atoms with E-state index in [2.05, 4.69) is 168 Å². The first-order valence-corrected chi connectivity index (χ1v) is 19.0. The summed E-state index contributed by atoms with van der Waals surface area (Å²) in [4.78, 5) is 0. The van der Waals surface area contributed by atoms with Crippen molar-refractivity contribution in [3.63, 3.8) is 0 Å². The Kier molecular flexibility index (Phi) is 5.30. The number of fused-ring (bicyclic) bond motifs is 3. The minimum absolute atomic E-state index is 1.18. The molecule has 7 aromatic carbocycles. The number of aromatic nitrogens is 2. The van der Waals surface area contributed by atoms with Gasteiger partial charge in [-0.25, -0.2) is 0 Å². The highest BCUT2D eigenvalue weighted by Gasteiger charge is 2.21. The normalized spacial score (nSPS) is 12.4. The lowest BCUT2D eigenvalue weighted by molar-refractivity contribution is 1.18. The molecule has 3 heteroatoms. The summed E-state index contributed by atoms with van der Waals surface area (Å²) in [5.41, 5.74) is 9.89. The van der Waals surface area contributed by atoms with Gasteiger partial charge in [-0.3, -0.25) is 0 Å². The molecule has 0 unspecified atom stereocenters. The van der Waals surface area contributed by atoms with Crippen molar-refractivity contribution in [3.8, 4) is 22.5 Å². The van der Waals surface area contributed by atoms with Crippen LogP contribution in [-0.4, -0.2) is 17.2 Å². The molecule has 0 N–H and O–H groups in total. The SMILES string of the molecule is C[Si](C)(C)c1ccc(-n2c3cccc4ccc5c(-c6ccc7c8ccccc8n(-c8ccccc8)c7c6)ccc2c5c43)cc1. The second-order valence-electron chi connectivity index (χ2n) is 13.0. The minimum atomic E-state index is -1.38. The molecule has 210 valence electrons. The van der Waals surface area contributed by atoms with E-state index in [4.69, 9.17) is 0 Å². The van der Waals surface area contributed by atoms with Gasteiger partial charge in [0.15, 0.2) is 0 Å².